The van der Waals surface area contributed by atoms with Crippen LogP contribution in [0.1, 0.15) is 91.9 Å². The molecule has 10 nitrogen and oxygen atoms in total. The normalized spacial score (nSPS) is 42.0. The van der Waals surface area contributed by atoms with Gasteiger partial charge >= 0.3 is 59.1 Å². The number of aliphatic hydroxyl groups is 2. The first-order chi connectivity index (χ1) is 18.0. The van der Waals surface area contributed by atoms with Gasteiger partial charge in [0.15, 0.2) is 0 Å². The van der Waals surface area contributed by atoms with E-state index in [-0.39, 0.29) is 100 Å². The summed E-state index contributed by atoms with van der Waals surface area (Å²) < 4.78 is 74.9. The van der Waals surface area contributed by atoms with Gasteiger partial charge < -0.3 is 19.3 Å². The van der Waals surface area contributed by atoms with Crippen molar-refractivity contribution in [2.45, 2.75) is 110 Å². The standard InChI is InChI=1S/C27H48O10S2.2Na/c1-16(15-36-38(30,31)32)6-5-7-17(2)18-8-9-19-24-20(10-12-26(18,19)3)27(4)13-11-23(37-39(33,34)35)25(29)21(27)14-22(24)28;;/h16-25,28-29H,5-15H2,1-4H3,(H,30,31,32)(H,33,34,35);;/q;2*+1/p-2/t16-,17+,18+,19-,20-,21-,22+,23+,24-,25+,26+,27+;;/m0../s1. The Balaban J connectivity index is 0.00000294. The summed E-state index contributed by atoms with van der Waals surface area (Å²) in [5, 5.41) is 22.5. The smallest absolute Gasteiger partial charge is 0.726 e. The Morgan fingerprint density at radius 3 is 2.07 bits per heavy atom. The molecule has 0 unspecified atom stereocenters. The van der Waals surface area contributed by atoms with Crippen molar-refractivity contribution in [3.8, 4) is 0 Å². The fourth-order valence-corrected chi connectivity index (χ4v) is 10.7. The minimum absolute atomic E-state index is 0. The van der Waals surface area contributed by atoms with Crippen LogP contribution in [-0.4, -0.2) is 61.1 Å². The van der Waals surface area contributed by atoms with E-state index in [0.29, 0.717) is 37.0 Å². The molecule has 0 heterocycles. The second-order valence-corrected chi connectivity index (χ2v) is 15.8. The van der Waals surface area contributed by atoms with E-state index in [1.807, 2.05) is 6.92 Å². The molecule has 14 heteroatoms. The number of aliphatic hydroxyl groups excluding tert-OH is 2. The molecule has 228 valence electrons. The SMILES string of the molecule is C[C@@H](CCC[C@@H](C)[C@H]1CC[C@H]2[C@@H]3[C@H](O)C[C@H]4[C@@H](O)[C@H](OS(=O)(=O)[O-])CC[C@]4(C)[C@H]3CC[C@]12C)COS(=O)(=O)[O-].[Na+].[Na+]. The number of fused-ring (bicyclic) bond motifs is 5. The molecule has 41 heavy (non-hydrogen) atoms. The minimum atomic E-state index is -4.92. The van der Waals surface area contributed by atoms with Crippen molar-refractivity contribution in [3.05, 3.63) is 0 Å². The van der Waals surface area contributed by atoms with Gasteiger partial charge in [0.05, 0.1) is 18.8 Å². The molecule has 4 aliphatic carbocycles. The van der Waals surface area contributed by atoms with Crippen LogP contribution in [0.2, 0.25) is 0 Å². The maximum absolute atomic E-state index is 11.5. The molecular weight excluding hydrogens is 594 g/mol. The third-order valence-corrected chi connectivity index (χ3v) is 12.5. The van der Waals surface area contributed by atoms with Crippen LogP contribution in [0.4, 0.5) is 0 Å². The van der Waals surface area contributed by atoms with Crippen molar-refractivity contribution in [1.82, 2.24) is 0 Å². The van der Waals surface area contributed by atoms with Crippen molar-refractivity contribution in [2.75, 3.05) is 6.61 Å². The average Bonchev–Trinajstić information content (AvgIpc) is 3.17. The van der Waals surface area contributed by atoms with E-state index in [1.54, 1.807) is 0 Å². The van der Waals surface area contributed by atoms with Gasteiger partial charge in [0.1, 0.15) is 6.10 Å². The Kier molecular flexibility index (Phi) is 13.8. The summed E-state index contributed by atoms with van der Waals surface area (Å²) in [7, 11) is -9.58. The molecule has 4 rings (SSSR count). The van der Waals surface area contributed by atoms with Crippen LogP contribution >= 0.6 is 0 Å². The van der Waals surface area contributed by atoms with Gasteiger partial charge in [-0.1, -0.05) is 40.5 Å². The number of hydrogen-bond donors (Lipinski definition) is 2. The van der Waals surface area contributed by atoms with E-state index in [1.165, 1.54) is 0 Å². The monoisotopic (exact) mass is 640 g/mol. The van der Waals surface area contributed by atoms with Crippen LogP contribution in [0.25, 0.3) is 0 Å². The topological polar surface area (TPSA) is 173 Å². The molecule has 0 radical (unpaired) electrons. The summed E-state index contributed by atoms with van der Waals surface area (Å²) in [6.45, 7) is 8.66. The molecule has 0 bridgehead atoms. The first-order valence-electron chi connectivity index (χ1n) is 14.6. The van der Waals surface area contributed by atoms with Crippen LogP contribution in [0.15, 0.2) is 0 Å². The Labute approximate surface area is 291 Å². The van der Waals surface area contributed by atoms with Gasteiger partial charge in [-0.05, 0) is 104 Å². The molecule has 2 N–H and O–H groups in total. The fraction of sp³-hybridized carbons (Fsp3) is 1.00. The number of rotatable bonds is 10. The zero-order valence-corrected chi connectivity index (χ0v) is 31.2. The van der Waals surface area contributed by atoms with Gasteiger partial charge in [0, 0.05) is 0 Å². The zero-order chi connectivity index (χ0) is 29.0. The largest absolute Gasteiger partial charge is 1.00 e. The quantitative estimate of drug-likeness (QED) is 0.146. The number of hydrogen-bond acceptors (Lipinski definition) is 10. The van der Waals surface area contributed by atoms with E-state index < -0.39 is 39.1 Å². The Hall–Kier alpha value is 1.66. The van der Waals surface area contributed by atoms with Gasteiger partial charge in [-0.3, -0.25) is 8.37 Å². The van der Waals surface area contributed by atoms with E-state index in [2.05, 4.69) is 25.0 Å². The summed E-state index contributed by atoms with van der Waals surface area (Å²) in [5.74, 6) is 1.37. The third kappa shape index (κ3) is 8.53. The van der Waals surface area contributed by atoms with Gasteiger partial charge in [-0.2, -0.15) is 0 Å². The van der Waals surface area contributed by atoms with Crippen LogP contribution in [0, 0.1) is 52.3 Å². The zero-order valence-electron chi connectivity index (χ0n) is 25.5. The van der Waals surface area contributed by atoms with E-state index >= 15 is 0 Å². The van der Waals surface area contributed by atoms with Gasteiger partial charge in [0.2, 0.25) is 20.8 Å². The second-order valence-electron chi connectivity index (χ2n) is 13.7. The van der Waals surface area contributed by atoms with Crippen molar-refractivity contribution in [2.24, 2.45) is 52.3 Å². The molecule has 0 aromatic heterocycles. The van der Waals surface area contributed by atoms with Crippen molar-refractivity contribution in [1.29, 1.82) is 0 Å². The molecule has 4 saturated carbocycles. The molecule has 12 atom stereocenters. The average molecular weight is 641 g/mol. The third-order valence-electron chi connectivity index (χ3n) is 11.6. The summed E-state index contributed by atoms with van der Waals surface area (Å²) in [6.07, 6.45) is 5.45. The molecule has 4 aliphatic rings. The maximum atomic E-state index is 11.5. The van der Waals surface area contributed by atoms with Crippen LogP contribution in [-0.2, 0) is 29.2 Å². The molecule has 0 aromatic carbocycles. The second kappa shape index (κ2) is 14.6. The van der Waals surface area contributed by atoms with Crippen molar-refractivity contribution in [3.63, 3.8) is 0 Å². The molecular formula is C27H46Na2O10S2. The summed E-state index contributed by atoms with van der Waals surface area (Å²) in [4.78, 5) is 0. The van der Waals surface area contributed by atoms with Gasteiger partial charge in [-0.25, -0.2) is 16.8 Å². The van der Waals surface area contributed by atoms with Crippen molar-refractivity contribution >= 4 is 20.8 Å². The first kappa shape index (κ1) is 38.8. The molecule has 0 aromatic rings. The minimum Gasteiger partial charge on any atom is -0.726 e. The Morgan fingerprint density at radius 2 is 1.46 bits per heavy atom. The van der Waals surface area contributed by atoms with Crippen LogP contribution < -0.4 is 59.1 Å². The molecule has 4 fully saturated rings. The van der Waals surface area contributed by atoms with Gasteiger partial charge in [0.25, 0.3) is 0 Å². The predicted octanol–water partition coefficient (Wildman–Crippen LogP) is -2.64. The van der Waals surface area contributed by atoms with Crippen LogP contribution in [0.3, 0.4) is 0 Å². The van der Waals surface area contributed by atoms with E-state index in [0.717, 1.165) is 44.9 Å². The molecule has 0 amide bonds. The molecule has 0 aliphatic heterocycles. The van der Waals surface area contributed by atoms with Crippen LogP contribution in [0.5, 0.6) is 0 Å². The molecule has 0 spiro atoms. The summed E-state index contributed by atoms with van der Waals surface area (Å²) in [5.41, 5.74) is -0.150. The molecule has 0 saturated heterocycles. The van der Waals surface area contributed by atoms with E-state index in [4.69, 9.17) is 4.18 Å². The fourth-order valence-electron chi connectivity index (χ4n) is 9.75. The van der Waals surface area contributed by atoms with Gasteiger partial charge in [-0.15, -0.1) is 0 Å². The summed E-state index contributed by atoms with van der Waals surface area (Å²) >= 11 is 0. The van der Waals surface area contributed by atoms with E-state index in [9.17, 15) is 36.2 Å². The van der Waals surface area contributed by atoms with Crippen molar-refractivity contribution < 1.29 is 104 Å². The maximum Gasteiger partial charge on any atom is 1.00 e. The Bertz CT molecular complexity index is 1090. The predicted molar refractivity (Wildman–Crippen MR) is 140 cm³/mol. The Morgan fingerprint density at radius 1 is 0.854 bits per heavy atom. The summed E-state index contributed by atoms with van der Waals surface area (Å²) in [6, 6.07) is 0. The first-order valence-corrected chi connectivity index (χ1v) is 17.2.